The number of nitrogens with two attached hydrogens (primary N) is 1. The van der Waals surface area contributed by atoms with Gasteiger partial charge in [0.15, 0.2) is 5.82 Å². The molecule has 33 heavy (non-hydrogen) atoms. The van der Waals surface area contributed by atoms with Crippen LogP contribution in [0.3, 0.4) is 0 Å². The molecule has 2 aliphatic rings. The minimum Gasteiger partial charge on any atom is -0.390 e. The summed E-state index contributed by atoms with van der Waals surface area (Å²) in [5.41, 5.74) is 11.5. The van der Waals surface area contributed by atoms with Crippen LogP contribution < -0.4 is 10.6 Å². The van der Waals surface area contributed by atoms with E-state index in [2.05, 4.69) is 39.1 Å². The summed E-state index contributed by atoms with van der Waals surface area (Å²) >= 11 is 12.4. The van der Waals surface area contributed by atoms with Crippen molar-refractivity contribution in [2.75, 3.05) is 18.0 Å². The van der Waals surface area contributed by atoms with Crippen molar-refractivity contribution >= 4 is 41.2 Å². The lowest BCUT2D eigenvalue weighted by atomic mass is 9.73. The molecule has 7 heteroatoms. The molecule has 0 bridgehead atoms. The minimum atomic E-state index is -0.172. The Balaban J connectivity index is 1.32. The zero-order valence-electron chi connectivity index (χ0n) is 18.2. The first-order valence-electron chi connectivity index (χ1n) is 11.2. The van der Waals surface area contributed by atoms with Gasteiger partial charge in [0.2, 0.25) is 0 Å². The highest BCUT2D eigenvalue weighted by Gasteiger charge is 2.46. The van der Waals surface area contributed by atoms with Gasteiger partial charge in [0, 0.05) is 19.1 Å². The Kier molecular flexibility index (Phi) is 6.14. The first kappa shape index (κ1) is 22.4. The van der Waals surface area contributed by atoms with Crippen LogP contribution in [0.5, 0.6) is 0 Å². The molecule has 5 nitrogen and oxygen atoms in total. The number of rotatable bonds is 4. The van der Waals surface area contributed by atoms with Crippen molar-refractivity contribution in [3.8, 4) is 0 Å². The molecule has 1 unspecified atom stereocenters. The van der Waals surface area contributed by atoms with Crippen LogP contribution in [0.2, 0.25) is 10.0 Å². The molecule has 0 radical (unpaired) electrons. The lowest BCUT2D eigenvalue weighted by Gasteiger charge is -2.42. The molecule has 5 rings (SSSR count). The number of benzene rings is 2. The number of anilines is 1. The molecule has 170 valence electrons. The number of hydrogen-bond donors (Lipinski definition) is 2. The number of piperidine rings is 1. The van der Waals surface area contributed by atoms with Gasteiger partial charge in [-0.3, -0.25) is 0 Å². The fraction of sp³-hybridized carbons (Fsp3) is 0.308. The number of hydrogen-bond acceptors (Lipinski definition) is 5. The molecule has 0 saturated carbocycles. The van der Waals surface area contributed by atoms with Crippen LogP contribution >= 0.6 is 23.2 Å². The lowest BCUT2D eigenvalue weighted by Crippen LogP contribution is -2.45. The third kappa shape index (κ3) is 4.15. The van der Waals surface area contributed by atoms with Gasteiger partial charge in [0.05, 0.1) is 28.5 Å². The van der Waals surface area contributed by atoms with Gasteiger partial charge in [0.25, 0.3) is 0 Å². The highest BCUT2D eigenvalue weighted by Crippen LogP contribution is 2.51. The van der Waals surface area contributed by atoms with Crippen LogP contribution in [0.1, 0.15) is 47.0 Å². The largest absolute Gasteiger partial charge is 0.390 e. The normalized spacial score (nSPS) is 19.4. The van der Waals surface area contributed by atoms with Gasteiger partial charge in [-0.05, 0) is 53.5 Å². The van der Waals surface area contributed by atoms with Gasteiger partial charge >= 0.3 is 0 Å². The van der Waals surface area contributed by atoms with Gasteiger partial charge in [0.1, 0.15) is 5.69 Å². The molecule has 0 amide bonds. The van der Waals surface area contributed by atoms with Crippen LogP contribution in [0.15, 0.2) is 48.7 Å². The fourth-order valence-electron chi connectivity index (χ4n) is 5.18. The summed E-state index contributed by atoms with van der Waals surface area (Å²) in [5, 5.41) is 11.0. The molecular weight excluding hydrogens is 455 g/mol. The predicted molar refractivity (Wildman–Crippen MR) is 134 cm³/mol. The SMILES string of the molecule is NC1c2ccccc2CC12CCN(c1ncc(C=Cc3cccc(Cl)c3Cl)nc1CO)CC2. The van der Waals surface area contributed by atoms with Crippen LogP contribution in [0.4, 0.5) is 5.82 Å². The maximum Gasteiger partial charge on any atom is 0.152 e. The summed E-state index contributed by atoms with van der Waals surface area (Å²) in [5.74, 6) is 0.745. The van der Waals surface area contributed by atoms with Crippen molar-refractivity contribution in [2.24, 2.45) is 11.1 Å². The number of aromatic nitrogens is 2. The summed E-state index contributed by atoms with van der Waals surface area (Å²) in [6.45, 7) is 1.52. The van der Waals surface area contributed by atoms with Crippen molar-refractivity contribution in [3.63, 3.8) is 0 Å². The number of aliphatic hydroxyl groups is 1. The molecule has 3 N–H and O–H groups in total. The molecule has 1 saturated heterocycles. The highest BCUT2D eigenvalue weighted by atomic mass is 35.5. The summed E-state index contributed by atoms with van der Waals surface area (Å²) in [6, 6.07) is 14.1. The van der Waals surface area contributed by atoms with Crippen molar-refractivity contribution < 1.29 is 5.11 Å². The van der Waals surface area contributed by atoms with Crippen molar-refractivity contribution in [3.05, 3.63) is 86.8 Å². The first-order valence-corrected chi connectivity index (χ1v) is 11.9. The molecule has 1 aliphatic heterocycles. The molecule has 1 atom stereocenters. The predicted octanol–water partition coefficient (Wildman–Crippen LogP) is 5.29. The Labute approximate surface area is 203 Å². The first-order chi connectivity index (χ1) is 16.0. The third-order valence-electron chi connectivity index (χ3n) is 7.06. The smallest absolute Gasteiger partial charge is 0.152 e. The van der Waals surface area contributed by atoms with E-state index in [1.165, 1.54) is 11.1 Å². The van der Waals surface area contributed by atoms with Crippen LogP contribution in [0.25, 0.3) is 12.2 Å². The second-order valence-electron chi connectivity index (χ2n) is 8.90. The van der Waals surface area contributed by atoms with Crippen LogP contribution in [-0.4, -0.2) is 28.2 Å². The minimum absolute atomic E-state index is 0.0741. The number of aliphatic hydroxyl groups excluding tert-OH is 1. The van der Waals surface area contributed by atoms with Gasteiger partial charge < -0.3 is 15.7 Å². The van der Waals surface area contributed by atoms with E-state index in [9.17, 15) is 5.11 Å². The van der Waals surface area contributed by atoms with Gasteiger partial charge in [-0.2, -0.15) is 0 Å². The number of nitrogens with zero attached hydrogens (tertiary/aromatic N) is 3. The number of halogens is 2. The van der Waals surface area contributed by atoms with Gasteiger partial charge in [-0.25, -0.2) is 9.97 Å². The van der Waals surface area contributed by atoms with Crippen molar-refractivity contribution in [1.29, 1.82) is 0 Å². The Bertz CT molecular complexity index is 1200. The lowest BCUT2D eigenvalue weighted by molar-refractivity contribution is 0.186. The molecule has 2 aromatic carbocycles. The van der Waals surface area contributed by atoms with Gasteiger partial charge in [-0.15, -0.1) is 0 Å². The Morgan fingerprint density at radius 1 is 1.09 bits per heavy atom. The monoisotopic (exact) mass is 480 g/mol. The van der Waals surface area contributed by atoms with Crippen LogP contribution in [-0.2, 0) is 13.0 Å². The summed E-state index contributed by atoms with van der Waals surface area (Å²) in [7, 11) is 0. The van der Waals surface area contributed by atoms with E-state index in [0.717, 1.165) is 43.7 Å². The number of fused-ring (bicyclic) bond motifs is 1. The molecule has 1 aliphatic carbocycles. The zero-order valence-corrected chi connectivity index (χ0v) is 19.7. The van der Waals surface area contributed by atoms with E-state index in [4.69, 9.17) is 28.9 Å². The Hall–Kier alpha value is -2.44. The Morgan fingerprint density at radius 2 is 1.88 bits per heavy atom. The standard InChI is InChI=1S/C26H26Cl2N4O/c27-21-7-3-5-17(23(21)28)8-9-19-15-30-25(22(16-33)31-19)32-12-10-26(11-13-32)14-18-4-1-2-6-20(18)24(26)29/h1-9,15,24,33H,10-14,16,29H2. The van der Waals surface area contributed by atoms with E-state index in [1.54, 1.807) is 12.3 Å². The molecule has 3 aromatic rings. The summed E-state index contributed by atoms with van der Waals surface area (Å²) in [4.78, 5) is 11.5. The second-order valence-corrected chi connectivity index (χ2v) is 9.69. The fourth-order valence-corrected chi connectivity index (χ4v) is 5.55. The van der Waals surface area contributed by atoms with E-state index >= 15 is 0 Å². The Morgan fingerprint density at radius 3 is 2.64 bits per heavy atom. The van der Waals surface area contributed by atoms with Gasteiger partial charge in [-0.1, -0.05) is 65.7 Å². The maximum atomic E-state index is 9.99. The molecule has 1 spiro atoms. The molecule has 2 heterocycles. The second kappa shape index (κ2) is 9.07. The summed E-state index contributed by atoms with van der Waals surface area (Å²) in [6.07, 6.45) is 8.42. The van der Waals surface area contributed by atoms with Crippen LogP contribution in [0, 0.1) is 5.41 Å². The molecule has 1 fully saturated rings. The molecular formula is C26H26Cl2N4O. The quantitative estimate of drug-likeness (QED) is 0.530. The van der Waals surface area contributed by atoms with E-state index in [1.807, 2.05) is 24.3 Å². The maximum absolute atomic E-state index is 9.99. The van der Waals surface area contributed by atoms with E-state index < -0.39 is 0 Å². The summed E-state index contributed by atoms with van der Waals surface area (Å²) < 4.78 is 0. The highest BCUT2D eigenvalue weighted by molar-refractivity contribution is 6.42. The average molecular weight is 481 g/mol. The van der Waals surface area contributed by atoms with E-state index in [-0.39, 0.29) is 18.1 Å². The third-order valence-corrected chi connectivity index (χ3v) is 7.89. The van der Waals surface area contributed by atoms with E-state index in [0.29, 0.717) is 21.4 Å². The average Bonchev–Trinajstić information content (AvgIpc) is 3.11. The zero-order chi connectivity index (χ0) is 23.0. The molecule has 1 aromatic heterocycles. The van der Waals surface area contributed by atoms with Crippen molar-refractivity contribution in [2.45, 2.75) is 31.9 Å². The topological polar surface area (TPSA) is 75.3 Å². The van der Waals surface area contributed by atoms with Crippen molar-refractivity contribution in [1.82, 2.24) is 9.97 Å².